The van der Waals surface area contributed by atoms with Crippen LogP contribution >= 0.6 is 0 Å². The zero-order chi connectivity index (χ0) is 21.7. The Kier molecular flexibility index (Phi) is 6.37. The van der Waals surface area contributed by atoms with E-state index in [0.717, 1.165) is 0 Å². The van der Waals surface area contributed by atoms with Crippen molar-refractivity contribution in [3.8, 4) is 5.75 Å². The van der Waals surface area contributed by atoms with Gasteiger partial charge in [0, 0.05) is 5.69 Å². The van der Waals surface area contributed by atoms with Gasteiger partial charge < -0.3 is 10.1 Å². The maximum absolute atomic E-state index is 13.0. The van der Waals surface area contributed by atoms with Gasteiger partial charge in [-0.2, -0.15) is 0 Å². The van der Waals surface area contributed by atoms with Crippen molar-refractivity contribution in [2.75, 3.05) is 17.1 Å². The summed E-state index contributed by atoms with van der Waals surface area (Å²) < 4.78 is 46.6. The Hall–Kier alpha value is -3.39. The summed E-state index contributed by atoms with van der Waals surface area (Å²) in [7, 11) is -2.47. The molecule has 0 aliphatic heterocycles. The van der Waals surface area contributed by atoms with Crippen LogP contribution in [0.2, 0.25) is 0 Å². The number of ether oxygens (including phenoxy) is 1. The molecule has 3 aromatic rings. The molecule has 0 aliphatic rings. The number of hydrogen-bond donors (Lipinski definition) is 2. The Morgan fingerprint density at radius 2 is 1.73 bits per heavy atom. The molecule has 3 aromatic carbocycles. The molecule has 0 atom stereocenters. The van der Waals surface area contributed by atoms with Crippen molar-refractivity contribution in [1.82, 2.24) is 0 Å². The highest BCUT2D eigenvalue weighted by Crippen LogP contribution is 2.28. The first-order valence-corrected chi connectivity index (χ1v) is 10.6. The van der Waals surface area contributed by atoms with Gasteiger partial charge in [0.15, 0.2) is 0 Å². The van der Waals surface area contributed by atoms with Gasteiger partial charge in [-0.25, -0.2) is 12.8 Å². The number of halogens is 1. The minimum atomic E-state index is -3.92. The third-order valence-corrected chi connectivity index (χ3v) is 5.90. The first-order chi connectivity index (χ1) is 14.3. The standard InChI is InChI=1S/C22H21FN2O4S/c1-15-7-12-18(24-22(26)13-16-8-10-17(23)11-9-16)14-21(15)30(27,28)25-19-5-3-4-6-20(19)29-2/h3-12,14,25H,13H2,1-2H3,(H,24,26). The molecule has 0 saturated carbocycles. The van der Waals surface area contributed by atoms with E-state index in [1.807, 2.05) is 0 Å². The van der Waals surface area contributed by atoms with Crippen molar-refractivity contribution in [2.24, 2.45) is 0 Å². The van der Waals surface area contributed by atoms with Crippen LogP contribution in [-0.4, -0.2) is 21.4 Å². The van der Waals surface area contributed by atoms with Crippen LogP contribution in [0.1, 0.15) is 11.1 Å². The topological polar surface area (TPSA) is 84.5 Å². The van der Waals surface area contributed by atoms with Crippen molar-refractivity contribution in [1.29, 1.82) is 0 Å². The first-order valence-electron chi connectivity index (χ1n) is 9.09. The fraction of sp³-hybridized carbons (Fsp3) is 0.136. The molecule has 0 bridgehead atoms. The van der Waals surface area contributed by atoms with Crippen molar-refractivity contribution in [3.05, 3.63) is 83.7 Å². The molecular weight excluding hydrogens is 407 g/mol. The summed E-state index contributed by atoms with van der Waals surface area (Å²) in [6, 6.07) is 16.9. The smallest absolute Gasteiger partial charge is 0.262 e. The van der Waals surface area contributed by atoms with E-state index in [-0.39, 0.29) is 23.0 Å². The lowest BCUT2D eigenvalue weighted by molar-refractivity contribution is -0.115. The molecule has 3 rings (SSSR count). The normalized spacial score (nSPS) is 11.0. The van der Waals surface area contributed by atoms with Crippen LogP contribution in [0, 0.1) is 12.7 Å². The number of para-hydroxylation sites is 2. The van der Waals surface area contributed by atoms with Crippen LogP contribution in [0.5, 0.6) is 5.75 Å². The highest BCUT2D eigenvalue weighted by molar-refractivity contribution is 7.92. The fourth-order valence-electron chi connectivity index (χ4n) is 2.89. The zero-order valence-corrected chi connectivity index (χ0v) is 17.3. The highest BCUT2D eigenvalue weighted by atomic mass is 32.2. The summed E-state index contributed by atoms with van der Waals surface area (Å²) in [4.78, 5) is 12.3. The molecule has 2 N–H and O–H groups in total. The molecule has 0 aromatic heterocycles. The van der Waals surface area contributed by atoms with Crippen LogP contribution in [0.4, 0.5) is 15.8 Å². The molecule has 30 heavy (non-hydrogen) atoms. The summed E-state index contributed by atoms with van der Waals surface area (Å²) in [6.45, 7) is 1.67. The summed E-state index contributed by atoms with van der Waals surface area (Å²) in [5.41, 5.74) is 1.82. The molecule has 0 spiro atoms. The average Bonchev–Trinajstić information content (AvgIpc) is 2.71. The number of anilines is 2. The Labute approximate surface area is 174 Å². The SMILES string of the molecule is COc1ccccc1NS(=O)(=O)c1cc(NC(=O)Cc2ccc(F)cc2)ccc1C. The van der Waals surface area contributed by atoms with Crippen molar-refractivity contribution >= 4 is 27.3 Å². The second-order valence-corrected chi connectivity index (χ2v) is 8.29. The van der Waals surface area contributed by atoms with E-state index in [1.165, 1.54) is 37.4 Å². The number of hydrogen-bond acceptors (Lipinski definition) is 4. The quantitative estimate of drug-likeness (QED) is 0.593. The third-order valence-electron chi connectivity index (χ3n) is 4.39. The lowest BCUT2D eigenvalue weighted by Gasteiger charge is -2.14. The number of benzene rings is 3. The van der Waals surface area contributed by atoms with Gasteiger partial charge in [0.25, 0.3) is 10.0 Å². The van der Waals surface area contributed by atoms with Gasteiger partial charge in [-0.15, -0.1) is 0 Å². The number of rotatable bonds is 7. The molecule has 1 amide bonds. The largest absolute Gasteiger partial charge is 0.495 e. The number of amides is 1. The Bertz CT molecular complexity index is 1160. The Morgan fingerprint density at radius 3 is 2.43 bits per heavy atom. The monoisotopic (exact) mass is 428 g/mol. The second kappa shape index (κ2) is 8.96. The van der Waals surface area contributed by atoms with Gasteiger partial charge in [0.2, 0.25) is 5.91 Å². The second-order valence-electron chi connectivity index (χ2n) is 6.64. The van der Waals surface area contributed by atoms with E-state index in [1.54, 1.807) is 43.3 Å². The van der Waals surface area contributed by atoms with E-state index < -0.39 is 10.0 Å². The zero-order valence-electron chi connectivity index (χ0n) is 16.5. The summed E-state index contributed by atoms with van der Waals surface area (Å²) in [6.07, 6.45) is 0.0374. The summed E-state index contributed by atoms with van der Waals surface area (Å²) in [5, 5.41) is 2.68. The molecule has 6 nitrogen and oxygen atoms in total. The van der Waals surface area contributed by atoms with Crippen LogP contribution in [0.3, 0.4) is 0 Å². The molecule has 0 unspecified atom stereocenters. The minimum absolute atomic E-state index is 0.0352. The number of carbonyl (C=O) groups excluding carboxylic acids is 1. The maximum Gasteiger partial charge on any atom is 0.262 e. The van der Waals surface area contributed by atoms with Gasteiger partial charge in [0.05, 0.1) is 24.1 Å². The van der Waals surface area contributed by atoms with E-state index in [9.17, 15) is 17.6 Å². The van der Waals surface area contributed by atoms with E-state index in [4.69, 9.17) is 4.74 Å². The minimum Gasteiger partial charge on any atom is -0.495 e. The van der Waals surface area contributed by atoms with E-state index >= 15 is 0 Å². The number of methoxy groups -OCH3 is 1. The maximum atomic E-state index is 13.0. The fourth-order valence-corrected chi connectivity index (χ4v) is 4.23. The van der Waals surface area contributed by atoms with Gasteiger partial charge >= 0.3 is 0 Å². The molecule has 0 aliphatic carbocycles. The highest BCUT2D eigenvalue weighted by Gasteiger charge is 2.20. The van der Waals surface area contributed by atoms with E-state index in [2.05, 4.69) is 10.0 Å². The van der Waals surface area contributed by atoms with E-state index in [0.29, 0.717) is 28.3 Å². The molecule has 0 saturated heterocycles. The van der Waals surface area contributed by atoms with Crippen LogP contribution in [0.25, 0.3) is 0 Å². The number of sulfonamides is 1. The predicted octanol–water partition coefficient (Wildman–Crippen LogP) is 4.12. The summed E-state index contributed by atoms with van der Waals surface area (Å²) in [5.74, 6) is -0.330. The number of carbonyl (C=O) groups is 1. The lowest BCUT2D eigenvalue weighted by atomic mass is 10.1. The molecule has 8 heteroatoms. The van der Waals surface area contributed by atoms with Crippen LogP contribution in [0.15, 0.2) is 71.6 Å². The predicted molar refractivity (Wildman–Crippen MR) is 114 cm³/mol. The van der Waals surface area contributed by atoms with Crippen LogP contribution in [-0.2, 0) is 21.2 Å². The average molecular weight is 428 g/mol. The van der Waals surface area contributed by atoms with Crippen molar-refractivity contribution in [3.63, 3.8) is 0 Å². The molecular formula is C22H21FN2O4S. The van der Waals surface area contributed by atoms with Gasteiger partial charge in [-0.1, -0.05) is 30.3 Å². The molecule has 0 heterocycles. The Balaban J connectivity index is 1.80. The van der Waals surface area contributed by atoms with Gasteiger partial charge in [-0.3, -0.25) is 9.52 Å². The van der Waals surface area contributed by atoms with Gasteiger partial charge in [-0.05, 0) is 54.4 Å². The molecule has 0 radical (unpaired) electrons. The Morgan fingerprint density at radius 1 is 1.03 bits per heavy atom. The third kappa shape index (κ3) is 5.15. The first kappa shape index (κ1) is 21.3. The lowest BCUT2D eigenvalue weighted by Crippen LogP contribution is -2.17. The number of aryl methyl sites for hydroxylation is 1. The van der Waals surface area contributed by atoms with Gasteiger partial charge in [0.1, 0.15) is 11.6 Å². The number of nitrogens with one attached hydrogen (secondary N) is 2. The molecule has 156 valence electrons. The molecule has 0 fully saturated rings. The van der Waals surface area contributed by atoms with Crippen molar-refractivity contribution < 1.29 is 22.3 Å². The van der Waals surface area contributed by atoms with Crippen molar-refractivity contribution in [2.45, 2.75) is 18.2 Å². The summed E-state index contributed by atoms with van der Waals surface area (Å²) >= 11 is 0. The van der Waals surface area contributed by atoms with Crippen LogP contribution < -0.4 is 14.8 Å².